The molecular formula is C24H27N3O4. The van der Waals surface area contributed by atoms with E-state index in [2.05, 4.69) is 27.6 Å². The van der Waals surface area contributed by atoms with E-state index >= 15 is 0 Å². The van der Waals surface area contributed by atoms with E-state index < -0.39 is 11.7 Å². The van der Waals surface area contributed by atoms with Gasteiger partial charge in [0.25, 0.3) is 5.91 Å². The molecule has 0 unspecified atom stereocenters. The summed E-state index contributed by atoms with van der Waals surface area (Å²) < 4.78 is 10.7. The van der Waals surface area contributed by atoms with Crippen molar-refractivity contribution < 1.29 is 18.7 Å². The fourth-order valence-electron chi connectivity index (χ4n) is 3.18. The molecule has 0 bridgehead atoms. The SMILES string of the molecule is COc1cccc(-c2nnc(CNC(=O)C(=O)CCCCCCc3ccccc3)o2)c1. The summed E-state index contributed by atoms with van der Waals surface area (Å²) in [4.78, 5) is 24.0. The minimum Gasteiger partial charge on any atom is -0.497 e. The topological polar surface area (TPSA) is 94.3 Å². The van der Waals surface area contributed by atoms with E-state index in [1.54, 1.807) is 13.2 Å². The number of unbranched alkanes of at least 4 members (excludes halogenated alkanes) is 3. The van der Waals surface area contributed by atoms with Gasteiger partial charge in [-0.05, 0) is 43.0 Å². The lowest BCUT2D eigenvalue weighted by molar-refractivity contribution is -0.138. The van der Waals surface area contributed by atoms with Crippen LogP contribution < -0.4 is 10.1 Å². The highest BCUT2D eigenvalue weighted by molar-refractivity contribution is 6.36. The summed E-state index contributed by atoms with van der Waals surface area (Å²) in [6, 6.07) is 17.6. The molecule has 1 aromatic heterocycles. The van der Waals surface area contributed by atoms with Gasteiger partial charge in [-0.3, -0.25) is 9.59 Å². The number of nitrogens with one attached hydrogen (secondary N) is 1. The third kappa shape index (κ3) is 7.06. The van der Waals surface area contributed by atoms with E-state index in [-0.39, 0.29) is 18.9 Å². The molecule has 0 spiro atoms. The molecule has 162 valence electrons. The Morgan fingerprint density at radius 3 is 2.58 bits per heavy atom. The number of hydrogen-bond acceptors (Lipinski definition) is 6. The molecule has 1 N–H and O–H groups in total. The molecule has 0 saturated heterocycles. The normalized spacial score (nSPS) is 10.6. The van der Waals surface area contributed by atoms with E-state index in [1.165, 1.54) is 5.56 Å². The van der Waals surface area contributed by atoms with Gasteiger partial charge in [-0.15, -0.1) is 10.2 Å². The predicted molar refractivity (Wildman–Crippen MR) is 116 cm³/mol. The van der Waals surface area contributed by atoms with Crippen LogP contribution in [0.25, 0.3) is 11.5 Å². The van der Waals surface area contributed by atoms with Crippen LogP contribution in [0, 0.1) is 0 Å². The van der Waals surface area contributed by atoms with E-state index in [1.807, 2.05) is 36.4 Å². The van der Waals surface area contributed by atoms with Crippen LogP contribution in [0.15, 0.2) is 59.0 Å². The van der Waals surface area contributed by atoms with Crippen LogP contribution in [-0.4, -0.2) is 29.0 Å². The van der Waals surface area contributed by atoms with Gasteiger partial charge in [0.1, 0.15) is 5.75 Å². The number of benzene rings is 2. The monoisotopic (exact) mass is 421 g/mol. The molecule has 0 radical (unpaired) electrons. The third-order valence-electron chi connectivity index (χ3n) is 4.90. The largest absolute Gasteiger partial charge is 0.497 e. The molecule has 2 aromatic carbocycles. The molecule has 7 nitrogen and oxygen atoms in total. The molecule has 0 aliphatic carbocycles. The zero-order valence-corrected chi connectivity index (χ0v) is 17.7. The first-order chi connectivity index (χ1) is 15.2. The van der Waals surface area contributed by atoms with Gasteiger partial charge in [0, 0.05) is 12.0 Å². The minimum absolute atomic E-state index is 0.0125. The van der Waals surface area contributed by atoms with Crippen LogP contribution >= 0.6 is 0 Å². The van der Waals surface area contributed by atoms with Crippen molar-refractivity contribution in [3.05, 3.63) is 66.1 Å². The van der Waals surface area contributed by atoms with Gasteiger partial charge in [0.15, 0.2) is 0 Å². The highest BCUT2D eigenvalue weighted by atomic mass is 16.5. The maximum atomic E-state index is 12.0. The van der Waals surface area contributed by atoms with Gasteiger partial charge in [0.05, 0.1) is 13.7 Å². The molecule has 0 aliphatic rings. The maximum absolute atomic E-state index is 12.0. The van der Waals surface area contributed by atoms with Crippen LogP contribution in [0.5, 0.6) is 5.75 Å². The molecule has 1 amide bonds. The summed E-state index contributed by atoms with van der Waals surface area (Å²) in [5.74, 6) is 0.196. The summed E-state index contributed by atoms with van der Waals surface area (Å²) in [5.41, 5.74) is 2.04. The van der Waals surface area contributed by atoms with Gasteiger partial charge in [-0.1, -0.05) is 49.2 Å². The van der Waals surface area contributed by atoms with Crippen LogP contribution in [0.1, 0.15) is 43.6 Å². The Bertz CT molecular complexity index is 985. The Morgan fingerprint density at radius 1 is 0.968 bits per heavy atom. The molecule has 0 aliphatic heterocycles. The number of aryl methyl sites for hydroxylation is 1. The number of rotatable bonds is 12. The summed E-state index contributed by atoms with van der Waals surface area (Å²) in [6.45, 7) is 0.0125. The van der Waals surface area contributed by atoms with Crippen molar-refractivity contribution in [3.8, 4) is 17.2 Å². The smallest absolute Gasteiger partial charge is 0.287 e. The Balaban J connectivity index is 1.34. The Hall–Kier alpha value is -3.48. The van der Waals surface area contributed by atoms with Gasteiger partial charge in [-0.25, -0.2) is 0 Å². The van der Waals surface area contributed by atoms with Crippen molar-refractivity contribution in [3.63, 3.8) is 0 Å². The van der Waals surface area contributed by atoms with Gasteiger partial charge in [0.2, 0.25) is 17.6 Å². The van der Waals surface area contributed by atoms with Crippen LogP contribution in [0.3, 0.4) is 0 Å². The van der Waals surface area contributed by atoms with E-state index in [4.69, 9.17) is 9.15 Å². The molecule has 1 heterocycles. The average molecular weight is 421 g/mol. The second-order valence-corrected chi connectivity index (χ2v) is 7.24. The summed E-state index contributed by atoms with van der Waals surface area (Å²) in [5, 5.41) is 10.4. The number of aromatic nitrogens is 2. The molecule has 0 fully saturated rings. The molecule has 0 atom stereocenters. The molecule has 0 saturated carbocycles. The molecule has 31 heavy (non-hydrogen) atoms. The van der Waals surface area contributed by atoms with Gasteiger partial charge < -0.3 is 14.5 Å². The van der Waals surface area contributed by atoms with Crippen molar-refractivity contribution in [1.82, 2.24) is 15.5 Å². The first kappa shape index (κ1) is 22.2. The second-order valence-electron chi connectivity index (χ2n) is 7.24. The third-order valence-corrected chi connectivity index (χ3v) is 4.90. The minimum atomic E-state index is -0.620. The van der Waals surface area contributed by atoms with E-state index in [0.717, 1.165) is 25.7 Å². The fourth-order valence-corrected chi connectivity index (χ4v) is 3.18. The predicted octanol–water partition coefficient (Wildman–Crippen LogP) is 4.12. The number of methoxy groups -OCH3 is 1. The zero-order valence-electron chi connectivity index (χ0n) is 17.7. The van der Waals surface area contributed by atoms with Crippen molar-refractivity contribution in [2.45, 2.75) is 45.1 Å². The number of carbonyl (C=O) groups is 2. The summed E-state index contributed by atoms with van der Waals surface area (Å²) in [7, 11) is 1.58. The van der Waals surface area contributed by atoms with Crippen molar-refractivity contribution in [2.75, 3.05) is 7.11 Å². The first-order valence-electron chi connectivity index (χ1n) is 10.5. The Kier molecular flexibility index (Phi) is 8.34. The summed E-state index contributed by atoms with van der Waals surface area (Å²) in [6.07, 6.45) is 5.05. The fraction of sp³-hybridized carbons (Fsp3) is 0.333. The zero-order chi connectivity index (χ0) is 21.9. The lowest BCUT2D eigenvalue weighted by Crippen LogP contribution is -2.30. The van der Waals surface area contributed by atoms with E-state index in [9.17, 15) is 9.59 Å². The number of Topliss-reactive ketones (excluding diaryl/α,β-unsaturated/α-hetero) is 1. The second kappa shape index (κ2) is 11.6. The number of nitrogens with zero attached hydrogens (tertiary/aromatic N) is 2. The molecular weight excluding hydrogens is 394 g/mol. The van der Waals surface area contributed by atoms with Crippen molar-refractivity contribution in [1.29, 1.82) is 0 Å². The standard InChI is InChI=1S/C24H27N3O4/c1-30-20-14-9-13-19(16-20)24-27-26-22(31-24)17-25-23(29)21(28)15-8-3-2-5-10-18-11-6-4-7-12-18/h4,6-7,9,11-14,16H,2-3,5,8,10,15,17H2,1H3,(H,25,29). The molecule has 7 heteroatoms. The lowest BCUT2D eigenvalue weighted by atomic mass is 10.0. The number of hydrogen-bond donors (Lipinski definition) is 1. The van der Waals surface area contributed by atoms with Crippen LogP contribution in [0.4, 0.5) is 0 Å². The van der Waals surface area contributed by atoms with Gasteiger partial charge >= 0.3 is 0 Å². The maximum Gasteiger partial charge on any atom is 0.287 e. The van der Waals surface area contributed by atoms with Crippen LogP contribution in [-0.2, 0) is 22.6 Å². The lowest BCUT2D eigenvalue weighted by Gasteiger charge is -2.03. The number of ether oxygens (including phenoxy) is 1. The molecule has 3 rings (SSSR count). The van der Waals surface area contributed by atoms with Crippen LogP contribution in [0.2, 0.25) is 0 Å². The highest BCUT2D eigenvalue weighted by Crippen LogP contribution is 2.22. The number of ketones is 1. The van der Waals surface area contributed by atoms with E-state index in [0.29, 0.717) is 23.6 Å². The Labute approximate surface area is 181 Å². The number of amides is 1. The van der Waals surface area contributed by atoms with Crippen molar-refractivity contribution in [2.24, 2.45) is 0 Å². The first-order valence-corrected chi connectivity index (χ1v) is 10.5. The summed E-state index contributed by atoms with van der Waals surface area (Å²) >= 11 is 0. The highest BCUT2D eigenvalue weighted by Gasteiger charge is 2.15. The quantitative estimate of drug-likeness (QED) is 0.349. The Morgan fingerprint density at radius 2 is 1.77 bits per heavy atom. The van der Waals surface area contributed by atoms with Gasteiger partial charge in [-0.2, -0.15) is 0 Å². The number of carbonyl (C=O) groups excluding carboxylic acids is 2. The van der Waals surface area contributed by atoms with Crippen molar-refractivity contribution >= 4 is 11.7 Å². The average Bonchev–Trinajstić information content (AvgIpc) is 3.29. The molecule has 3 aromatic rings.